The molecule has 7 rings (SSSR count). The Kier molecular flexibility index (Phi) is 8.10. The molecule has 0 bridgehead atoms. The Labute approximate surface area is 272 Å². The van der Waals surface area contributed by atoms with Gasteiger partial charge in [-0.25, -0.2) is 27.0 Å². The van der Waals surface area contributed by atoms with Crippen LogP contribution in [-0.4, -0.2) is 56.4 Å². The lowest BCUT2D eigenvalue weighted by Gasteiger charge is -2.33. The number of rotatable bonds is 9. The second kappa shape index (κ2) is 12.5. The molecule has 5 heterocycles. The van der Waals surface area contributed by atoms with E-state index in [1.54, 1.807) is 60.8 Å². The molecule has 1 saturated heterocycles. The minimum Gasteiger partial charge on any atom is -0.492 e. The Morgan fingerprint density at radius 3 is 2.40 bits per heavy atom. The van der Waals surface area contributed by atoms with Gasteiger partial charge in [0.2, 0.25) is 0 Å². The molecule has 240 valence electrons. The summed E-state index contributed by atoms with van der Waals surface area (Å²) in [6, 6.07) is 20.7. The van der Waals surface area contributed by atoms with Gasteiger partial charge in [0.05, 0.1) is 11.4 Å². The van der Waals surface area contributed by atoms with E-state index < -0.39 is 10.0 Å². The number of piperidine rings is 1. The molecule has 0 unspecified atom stereocenters. The van der Waals surface area contributed by atoms with Crippen molar-refractivity contribution in [1.82, 2.24) is 28.3 Å². The van der Waals surface area contributed by atoms with E-state index in [0.29, 0.717) is 24.5 Å². The van der Waals surface area contributed by atoms with Gasteiger partial charge in [-0.15, -0.1) is 0 Å². The van der Waals surface area contributed by atoms with Gasteiger partial charge in [0.15, 0.2) is 0 Å². The summed E-state index contributed by atoms with van der Waals surface area (Å²) >= 11 is 0. The van der Waals surface area contributed by atoms with Gasteiger partial charge in [0.1, 0.15) is 36.3 Å². The van der Waals surface area contributed by atoms with Crippen LogP contribution in [0.4, 0.5) is 5.82 Å². The topological polar surface area (TPSA) is 117 Å². The highest BCUT2D eigenvalue weighted by molar-refractivity contribution is 7.90. The van der Waals surface area contributed by atoms with Crippen LogP contribution < -0.4 is 15.2 Å². The van der Waals surface area contributed by atoms with Gasteiger partial charge in [-0.3, -0.25) is 4.79 Å². The normalized spacial score (nSPS) is 14.1. The van der Waals surface area contributed by atoms with Gasteiger partial charge in [0, 0.05) is 55.2 Å². The van der Waals surface area contributed by atoms with Crippen LogP contribution in [0.2, 0.25) is 0 Å². The molecule has 0 spiro atoms. The molecular weight excluding hydrogens is 614 g/mol. The SMILES string of the molecule is Cc1ccc(S(=O)(=O)n2ccc3c(-c4ccc(N5CCC(c6ccc(OCCn7cncn7)cc6)CC5)nc4)cn(C)c(=O)c32)cc1. The van der Waals surface area contributed by atoms with Crippen molar-refractivity contribution in [3.05, 3.63) is 119 Å². The summed E-state index contributed by atoms with van der Waals surface area (Å²) in [7, 11) is -2.33. The fourth-order valence-electron chi connectivity index (χ4n) is 6.20. The number of hydrogen-bond donors (Lipinski definition) is 0. The molecule has 0 amide bonds. The lowest BCUT2D eigenvalue weighted by atomic mass is 9.89. The Morgan fingerprint density at radius 2 is 1.72 bits per heavy atom. The van der Waals surface area contributed by atoms with E-state index in [-0.39, 0.29) is 16.0 Å². The second-order valence-corrected chi connectivity index (χ2v) is 13.7. The molecule has 2 aromatic carbocycles. The van der Waals surface area contributed by atoms with Gasteiger partial charge < -0.3 is 14.2 Å². The molecule has 47 heavy (non-hydrogen) atoms. The number of fused-ring (bicyclic) bond motifs is 1. The first-order valence-electron chi connectivity index (χ1n) is 15.6. The van der Waals surface area contributed by atoms with Gasteiger partial charge in [-0.2, -0.15) is 5.10 Å². The maximum Gasteiger partial charge on any atom is 0.275 e. The molecule has 0 N–H and O–H groups in total. The summed E-state index contributed by atoms with van der Waals surface area (Å²) in [5, 5.41) is 4.65. The standard InChI is InChI=1S/C35H35N7O4S/c1-25-3-10-30(11-4-25)47(44,45)42-18-15-31-32(22-39(2)35(43)34(31)42)28-7-12-33(37-21-28)40-16-13-27(14-17-40)26-5-8-29(9-6-26)46-20-19-41-24-36-23-38-41/h3-12,15,18,21-24,27H,13-14,16-17,19-20H2,1-2H3. The average Bonchev–Trinajstić information content (AvgIpc) is 3.79. The summed E-state index contributed by atoms with van der Waals surface area (Å²) in [5.74, 6) is 2.20. The molecule has 6 aromatic rings. The fourth-order valence-corrected chi connectivity index (χ4v) is 7.55. The van der Waals surface area contributed by atoms with Gasteiger partial charge >= 0.3 is 0 Å². The molecule has 11 nitrogen and oxygen atoms in total. The Bertz CT molecular complexity index is 2160. The third-order valence-corrected chi connectivity index (χ3v) is 10.5. The first kappa shape index (κ1) is 30.4. The van der Waals surface area contributed by atoms with Crippen molar-refractivity contribution in [1.29, 1.82) is 0 Å². The molecule has 0 radical (unpaired) electrons. The molecule has 1 aliphatic rings. The number of benzene rings is 2. The number of anilines is 1. The van der Waals surface area contributed by atoms with Crippen molar-refractivity contribution in [2.45, 2.75) is 37.1 Å². The Morgan fingerprint density at radius 1 is 0.957 bits per heavy atom. The highest BCUT2D eigenvalue weighted by atomic mass is 32.2. The van der Waals surface area contributed by atoms with Crippen LogP contribution in [0.1, 0.15) is 29.9 Å². The minimum atomic E-state index is -3.97. The Hall–Kier alpha value is -5.23. The minimum absolute atomic E-state index is 0.114. The van der Waals surface area contributed by atoms with Crippen molar-refractivity contribution in [2.75, 3.05) is 24.6 Å². The molecule has 1 fully saturated rings. The van der Waals surface area contributed by atoms with Crippen LogP contribution in [0, 0.1) is 6.92 Å². The summed E-state index contributed by atoms with van der Waals surface area (Å²) in [5.41, 5.74) is 3.53. The van der Waals surface area contributed by atoms with E-state index in [1.807, 2.05) is 31.2 Å². The summed E-state index contributed by atoms with van der Waals surface area (Å²) in [6.07, 6.45) is 10.2. The van der Waals surface area contributed by atoms with Gasteiger partial charge in [0.25, 0.3) is 15.6 Å². The van der Waals surface area contributed by atoms with Crippen LogP contribution in [0.15, 0.2) is 108 Å². The third-order valence-electron chi connectivity index (χ3n) is 8.85. The van der Waals surface area contributed by atoms with E-state index in [0.717, 1.165) is 58.2 Å². The largest absolute Gasteiger partial charge is 0.492 e. The monoisotopic (exact) mass is 649 g/mol. The lowest BCUT2D eigenvalue weighted by molar-refractivity contribution is 0.291. The first-order chi connectivity index (χ1) is 22.8. The van der Waals surface area contributed by atoms with Gasteiger partial charge in [-0.1, -0.05) is 29.8 Å². The molecule has 1 aliphatic heterocycles. The van der Waals surface area contributed by atoms with Crippen molar-refractivity contribution < 1.29 is 13.2 Å². The number of aryl methyl sites for hydroxylation is 2. The van der Waals surface area contributed by atoms with Crippen LogP contribution in [0.25, 0.3) is 22.0 Å². The van der Waals surface area contributed by atoms with Crippen LogP contribution >= 0.6 is 0 Å². The molecule has 4 aromatic heterocycles. The number of ether oxygens (including phenoxy) is 1. The maximum atomic E-state index is 13.5. The Balaban J connectivity index is 1.04. The van der Waals surface area contributed by atoms with E-state index in [4.69, 9.17) is 9.72 Å². The highest BCUT2D eigenvalue weighted by Gasteiger charge is 2.24. The lowest BCUT2D eigenvalue weighted by Crippen LogP contribution is -2.33. The fraction of sp³-hybridized carbons (Fsp3) is 0.257. The van der Waals surface area contributed by atoms with Crippen LogP contribution in [0.3, 0.4) is 0 Å². The smallest absolute Gasteiger partial charge is 0.275 e. The molecule has 0 aliphatic carbocycles. The quantitative estimate of drug-likeness (QED) is 0.215. The van der Waals surface area contributed by atoms with Crippen molar-refractivity contribution >= 4 is 26.7 Å². The summed E-state index contributed by atoms with van der Waals surface area (Å²) in [6.45, 7) is 4.85. The van der Waals surface area contributed by atoms with E-state index in [1.165, 1.54) is 22.7 Å². The number of nitrogens with zero attached hydrogens (tertiary/aromatic N) is 7. The van der Waals surface area contributed by atoms with Crippen LogP contribution in [-0.2, 0) is 23.6 Å². The molecule has 0 saturated carbocycles. The van der Waals surface area contributed by atoms with Crippen molar-refractivity contribution in [2.24, 2.45) is 7.05 Å². The molecule has 0 atom stereocenters. The van der Waals surface area contributed by atoms with E-state index in [2.05, 4.69) is 27.1 Å². The highest BCUT2D eigenvalue weighted by Crippen LogP contribution is 2.33. The van der Waals surface area contributed by atoms with Gasteiger partial charge in [-0.05, 0) is 73.7 Å². The molecule has 12 heteroatoms. The number of pyridine rings is 2. The molecular formula is C35H35N7O4S. The van der Waals surface area contributed by atoms with Crippen molar-refractivity contribution in [3.63, 3.8) is 0 Å². The maximum absolute atomic E-state index is 13.5. The van der Waals surface area contributed by atoms with E-state index in [9.17, 15) is 13.2 Å². The first-order valence-corrected chi connectivity index (χ1v) is 17.0. The zero-order chi connectivity index (χ0) is 32.5. The van der Waals surface area contributed by atoms with E-state index >= 15 is 0 Å². The predicted octanol–water partition coefficient (Wildman–Crippen LogP) is 5.00. The predicted molar refractivity (Wildman–Crippen MR) is 180 cm³/mol. The number of aromatic nitrogens is 6. The number of hydrogen-bond acceptors (Lipinski definition) is 8. The zero-order valence-corrected chi connectivity index (χ0v) is 27.0. The zero-order valence-electron chi connectivity index (χ0n) is 26.2. The van der Waals surface area contributed by atoms with Crippen LogP contribution in [0.5, 0.6) is 5.75 Å². The summed E-state index contributed by atoms with van der Waals surface area (Å²) in [4.78, 5) is 24.4. The average molecular weight is 650 g/mol. The van der Waals surface area contributed by atoms with Crippen molar-refractivity contribution in [3.8, 4) is 16.9 Å². The second-order valence-electron chi connectivity index (χ2n) is 11.9. The third kappa shape index (κ3) is 6.03. The summed E-state index contributed by atoms with van der Waals surface area (Å²) < 4.78 is 37.2.